The third kappa shape index (κ3) is 1.27. The zero-order chi connectivity index (χ0) is 10.4. The van der Waals surface area contributed by atoms with E-state index >= 15 is 0 Å². The maximum absolute atomic E-state index is 9.46. The third-order valence-corrected chi connectivity index (χ3v) is 4.78. The Labute approximate surface area is 90.3 Å². The number of fused-ring (bicyclic) bond motifs is 3. The first-order chi connectivity index (χ1) is 7.29. The number of hydrogen-bond acceptors (Lipinski definition) is 2. The largest absolute Gasteiger partial charge is 0.469 e. The standard InChI is InChI=1S/C13H18O2/c14-10-12-3-6-13(7-4-12,8-5-12)11-2-1-9-15-11/h1-2,9,14H,3-8,10H2. The fourth-order valence-corrected chi connectivity index (χ4v) is 3.45. The molecule has 3 aliphatic rings. The van der Waals surface area contributed by atoms with Crippen LogP contribution < -0.4 is 0 Å². The summed E-state index contributed by atoms with van der Waals surface area (Å²) in [7, 11) is 0. The molecule has 4 rings (SSSR count). The third-order valence-electron chi connectivity index (χ3n) is 4.78. The Bertz CT molecular complexity index is 315. The minimum Gasteiger partial charge on any atom is -0.469 e. The topological polar surface area (TPSA) is 33.4 Å². The molecule has 2 heteroatoms. The molecule has 0 unspecified atom stereocenters. The summed E-state index contributed by atoms with van der Waals surface area (Å²) in [5, 5.41) is 9.46. The molecule has 0 spiro atoms. The van der Waals surface area contributed by atoms with Crippen LogP contribution in [0.15, 0.2) is 22.8 Å². The summed E-state index contributed by atoms with van der Waals surface area (Å²) in [4.78, 5) is 0. The van der Waals surface area contributed by atoms with Gasteiger partial charge in [-0.05, 0) is 56.1 Å². The van der Waals surface area contributed by atoms with Gasteiger partial charge in [0.2, 0.25) is 0 Å². The lowest BCUT2D eigenvalue weighted by Crippen LogP contribution is -2.45. The van der Waals surface area contributed by atoms with E-state index in [0.29, 0.717) is 12.0 Å². The highest BCUT2D eigenvalue weighted by Crippen LogP contribution is 2.57. The average molecular weight is 206 g/mol. The van der Waals surface area contributed by atoms with Crippen LogP contribution in [0, 0.1) is 5.41 Å². The van der Waals surface area contributed by atoms with E-state index in [9.17, 15) is 5.11 Å². The van der Waals surface area contributed by atoms with Crippen LogP contribution in [-0.4, -0.2) is 11.7 Å². The minimum absolute atomic E-state index is 0.258. The smallest absolute Gasteiger partial charge is 0.109 e. The molecular weight excluding hydrogens is 188 g/mol. The van der Waals surface area contributed by atoms with Crippen molar-refractivity contribution in [1.82, 2.24) is 0 Å². The van der Waals surface area contributed by atoms with Gasteiger partial charge in [0.25, 0.3) is 0 Å². The molecule has 0 amide bonds. The summed E-state index contributed by atoms with van der Waals surface area (Å²) in [5.74, 6) is 1.17. The summed E-state index contributed by atoms with van der Waals surface area (Å²) < 4.78 is 5.60. The Morgan fingerprint density at radius 3 is 2.27 bits per heavy atom. The van der Waals surface area contributed by atoms with Gasteiger partial charge < -0.3 is 9.52 Å². The first-order valence-electron chi connectivity index (χ1n) is 5.94. The van der Waals surface area contributed by atoms with Crippen molar-refractivity contribution in [3.8, 4) is 0 Å². The van der Waals surface area contributed by atoms with Crippen LogP contribution in [0.5, 0.6) is 0 Å². The van der Waals surface area contributed by atoms with Crippen molar-refractivity contribution in [2.45, 2.75) is 43.9 Å². The van der Waals surface area contributed by atoms with Crippen molar-refractivity contribution in [2.24, 2.45) is 5.41 Å². The Kier molecular flexibility index (Phi) is 1.96. The van der Waals surface area contributed by atoms with Crippen LogP contribution in [0.1, 0.15) is 44.3 Å². The highest BCUT2D eigenvalue weighted by molar-refractivity contribution is 5.19. The first-order valence-corrected chi connectivity index (χ1v) is 5.94. The van der Waals surface area contributed by atoms with Crippen molar-refractivity contribution >= 4 is 0 Å². The van der Waals surface area contributed by atoms with Crippen LogP contribution in [0.4, 0.5) is 0 Å². The van der Waals surface area contributed by atoms with Crippen LogP contribution in [0.2, 0.25) is 0 Å². The van der Waals surface area contributed by atoms with E-state index in [4.69, 9.17) is 4.42 Å². The molecule has 0 aliphatic heterocycles. The molecule has 0 radical (unpaired) electrons. The fourth-order valence-electron chi connectivity index (χ4n) is 3.45. The number of hydrogen-bond donors (Lipinski definition) is 1. The van der Waals surface area contributed by atoms with Crippen LogP contribution >= 0.6 is 0 Å². The highest BCUT2D eigenvalue weighted by Gasteiger charge is 2.50. The predicted octanol–water partition coefficient (Wildman–Crippen LogP) is 2.86. The molecule has 1 N–H and O–H groups in total. The van der Waals surface area contributed by atoms with Crippen molar-refractivity contribution in [2.75, 3.05) is 6.61 Å². The highest BCUT2D eigenvalue weighted by atomic mass is 16.3. The van der Waals surface area contributed by atoms with Gasteiger partial charge >= 0.3 is 0 Å². The summed E-state index contributed by atoms with van der Waals surface area (Å²) in [5.41, 5.74) is 0.564. The monoisotopic (exact) mass is 206 g/mol. The predicted molar refractivity (Wildman–Crippen MR) is 57.6 cm³/mol. The summed E-state index contributed by atoms with van der Waals surface area (Å²) in [6.07, 6.45) is 8.88. The Morgan fingerprint density at radius 1 is 1.13 bits per heavy atom. The molecule has 0 atom stereocenters. The van der Waals surface area contributed by atoms with Crippen LogP contribution in [0.25, 0.3) is 0 Å². The minimum atomic E-state index is 0.258. The van der Waals surface area contributed by atoms with E-state index in [0.717, 1.165) is 0 Å². The maximum Gasteiger partial charge on any atom is 0.109 e. The van der Waals surface area contributed by atoms with Gasteiger partial charge in [0.1, 0.15) is 5.76 Å². The zero-order valence-corrected chi connectivity index (χ0v) is 9.04. The molecule has 1 heterocycles. The van der Waals surface area contributed by atoms with Gasteiger partial charge in [-0.25, -0.2) is 0 Å². The fraction of sp³-hybridized carbons (Fsp3) is 0.692. The van der Waals surface area contributed by atoms with E-state index in [1.54, 1.807) is 6.26 Å². The normalized spacial score (nSPS) is 39.5. The Hall–Kier alpha value is -0.760. The Balaban J connectivity index is 1.88. The van der Waals surface area contributed by atoms with Crippen molar-refractivity contribution < 1.29 is 9.52 Å². The summed E-state index contributed by atoms with van der Waals surface area (Å²) in [6, 6.07) is 4.11. The second-order valence-electron chi connectivity index (χ2n) is 5.42. The maximum atomic E-state index is 9.46. The van der Waals surface area contributed by atoms with Crippen molar-refractivity contribution in [3.05, 3.63) is 24.2 Å². The van der Waals surface area contributed by atoms with E-state index < -0.39 is 0 Å². The first kappa shape index (κ1) is 9.46. The molecule has 82 valence electrons. The number of aliphatic hydroxyl groups excluding tert-OH is 1. The van der Waals surface area contributed by atoms with Gasteiger partial charge in [0.05, 0.1) is 6.26 Å². The lowest BCUT2D eigenvalue weighted by Gasteiger charge is -2.51. The van der Waals surface area contributed by atoms with E-state index in [1.165, 1.54) is 44.3 Å². The second-order valence-corrected chi connectivity index (χ2v) is 5.42. The van der Waals surface area contributed by atoms with E-state index in [1.807, 2.05) is 6.07 Å². The molecule has 2 bridgehead atoms. The lowest BCUT2D eigenvalue weighted by molar-refractivity contribution is -0.0139. The van der Waals surface area contributed by atoms with Gasteiger partial charge in [-0.15, -0.1) is 0 Å². The molecule has 3 fully saturated rings. The zero-order valence-electron chi connectivity index (χ0n) is 9.04. The van der Waals surface area contributed by atoms with Crippen LogP contribution in [-0.2, 0) is 5.41 Å². The van der Waals surface area contributed by atoms with Gasteiger partial charge in [0.15, 0.2) is 0 Å². The lowest BCUT2D eigenvalue weighted by atomic mass is 9.53. The number of aliphatic hydroxyl groups is 1. The number of rotatable bonds is 2. The van der Waals surface area contributed by atoms with Crippen molar-refractivity contribution in [3.63, 3.8) is 0 Å². The Morgan fingerprint density at radius 2 is 1.80 bits per heavy atom. The van der Waals surface area contributed by atoms with E-state index in [-0.39, 0.29) is 5.41 Å². The quantitative estimate of drug-likeness (QED) is 0.807. The van der Waals surface area contributed by atoms with Gasteiger partial charge in [-0.2, -0.15) is 0 Å². The van der Waals surface area contributed by atoms with Gasteiger partial charge in [0, 0.05) is 12.0 Å². The molecule has 3 aliphatic carbocycles. The van der Waals surface area contributed by atoms with E-state index in [2.05, 4.69) is 6.07 Å². The van der Waals surface area contributed by atoms with Crippen LogP contribution in [0.3, 0.4) is 0 Å². The molecule has 3 saturated carbocycles. The van der Waals surface area contributed by atoms with Crippen molar-refractivity contribution in [1.29, 1.82) is 0 Å². The molecular formula is C13H18O2. The average Bonchev–Trinajstić information content (AvgIpc) is 2.86. The molecule has 15 heavy (non-hydrogen) atoms. The van der Waals surface area contributed by atoms with Gasteiger partial charge in [-0.1, -0.05) is 0 Å². The molecule has 0 aromatic carbocycles. The van der Waals surface area contributed by atoms with Gasteiger partial charge in [-0.3, -0.25) is 0 Å². The molecule has 1 aromatic heterocycles. The molecule has 2 nitrogen and oxygen atoms in total. The molecule has 1 aromatic rings. The SMILES string of the molecule is OCC12CCC(c3ccco3)(CC1)CC2. The summed E-state index contributed by atoms with van der Waals surface area (Å²) >= 11 is 0. The summed E-state index contributed by atoms with van der Waals surface area (Å²) in [6.45, 7) is 0.376. The molecule has 0 saturated heterocycles. The second kappa shape index (κ2) is 3.11. The number of furan rings is 1.